The van der Waals surface area contributed by atoms with E-state index < -0.39 is 10.9 Å². The van der Waals surface area contributed by atoms with Crippen molar-refractivity contribution in [3.05, 3.63) is 56.7 Å². The minimum atomic E-state index is -1.23. The number of rotatable bonds is 4. The number of ether oxygens (including phenoxy) is 1. The average molecular weight is 309 g/mol. The normalized spacial score (nSPS) is 10.2. The zero-order chi connectivity index (χ0) is 15.6. The summed E-state index contributed by atoms with van der Waals surface area (Å²) >= 11 is 5.74. The fourth-order valence-electron chi connectivity index (χ4n) is 1.59. The molecule has 108 valence electrons. The average Bonchev–Trinajstić information content (AvgIpc) is 2.42. The Morgan fingerprint density at radius 1 is 1.43 bits per heavy atom. The Kier molecular flexibility index (Phi) is 4.04. The number of aryl methyl sites for hydroxylation is 1. The molecule has 2 aromatic rings. The standard InChI is InChI=1S/C13H9ClN2O5/c1-7-4-11(16(19)20)12(15-6-7)21-8-2-3-10(14)9(5-8)13(17)18/h2-6H,1H3,(H,17,18). The summed E-state index contributed by atoms with van der Waals surface area (Å²) in [6, 6.07) is 5.23. The van der Waals surface area contributed by atoms with Gasteiger partial charge in [-0.1, -0.05) is 11.6 Å². The highest BCUT2D eigenvalue weighted by molar-refractivity contribution is 6.33. The van der Waals surface area contributed by atoms with Crippen LogP contribution in [-0.4, -0.2) is 21.0 Å². The SMILES string of the molecule is Cc1cnc(Oc2ccc(Cl)c(C(=O)O)c2)c([N+](=O)[O-])c1. The third-order valence-electron chi connectivity index (χ3n) is 2.55. The molecule has 0 aliphatic rings. The number of carboxylic acids is 1. The predicted octanol–water partition coefficient (Wildman–Crippen LogP) is 3.44. The van der Waals surface area contributed by atoms with Crippen LogP contribution in [0.4, 0.5) is 5.69 Å². The van der Waals surface area contributed by atoms with Crippen LogP contribution in [-0.2, 0) is 0 Å². The van der Waals surface area contributed by atoms with Gasteiger partial charge in [-0.3, -0.25) is 10.1 Å². The van der Waals surface area contributed by atoms with Gasteiger partial charge in [0, 0.05) is 12.3 Å². The molecular weight excluding hydrogens is 300 g/mol. The molecule has 1 aromatic heterocycles. The van der Waals surface area contributed by atoms with Gasteiger partial charge in [0.15, 0.2) is 0 Å². The number of carbonyl (C=O) groups is 1. The Morgan fingerprint density at radius 2 is 2.14 bits per heavy atom. The Balaban J connectivity index is 2.41. The second kappa shape index (κ2) is 5.76. The van der Waals surface area contributed by atoms with Crippen LogP contribution in [0.1, 0.15) is 15.9 Å². The summed E-state index contributed by atoms with van der Waals surface area (Å²) in [6.07, 6.45) is 1.41. The molecule has 0 amide bonds. The van der Waals surface area contributed by atoms with Gasteiger partial charge < -0.3 is 9.84 Å². The summed E-state index contributed by atoms with van der Waals surface area (Å²) in [7, 11) is 0. The van der Waals surface area contributed by atoms with E-state index in [2.05, 4.69) is 4.98 Å². The molecule has 0 saturated carbocycles. The molecule has 0 fully saturated rings. The lowest BCUT2D eigenvalue weighted by atomic mass is 10.2. The van der Waals surface area contributed by atoms with Crippen LogP contribution < -0.4 is 4.74 Å². The first-order chi connectivity index (χ1) is 9.88. The lowest BCUT2D eigenvalue weighted by Gasteiger charge is -2.07. The Labute approximate surface area is 123 Å². The maximum absolute atomic E-state index is 11.0. The topological polar surface area (TPSA) is 103 Å². The van der Waals surface area contributed by atoms with Crippen molar-refractivity contribution in [3.8, 4) is 11.6 Å². The number of benzene rings is 1. The molecule has 2 rings (SSSR count). The van der Waals surface area contributed by atoms with Crippen LogP contribution >= 0.6 is 11.6 Å². The number of aromatic carboxylic acids is 1. The molecule has 0 bridgehead atoms. The fourth-order valence-corrected chi connectivity index (χ4v) is 1.79. The molecule has 0 saturated heterocycles. The number of nitro groups is 1. The summed E-state index contributed by atoms with van der Waals surface area (Å²) in [6.45, 7) is 1.66. The number of halogens is 1. The van der Waals surface area contributed by atoms with E-state index in [-0.39, 0.29) is 27.9 Å². The summed E-state index contributed by atoms with van der Waals surface area (Å²) in [4.78, 5) is 25.2. The van der Waals surface area contributed by atoms with E-state index in [1.807, 2.05) is 0 Å². The molecule has 1 N–H and O–H groups in total. The van der Waals surface area contributed by atoms with E-state index >= 15 is 0 Å². The molecule has 0 unspecified atom stereocenters. The molecule has 0 aliphatic carbocycles. The van der Waals surface area contributed by atoms with Gasteiger partial charge in [-0.05, 0) is 30.7 Å². The van der Waals surface area contributed by atoms with E-state index in [4.69, 9.17) is 21.4 Å². The molecule has 0 spiro atoms. The first-order valence-electron chi connectivity index (χ1n) is 5.70. The molecule has 8 heteroatoms. The van der Waals surface area contributed by atoms with Crippen molar-refractivity contribution in [2.45, 2.75) is 6.92 Å². The quantitative estimate of drug-likeness (QED) is 0.685. The first-order valence-corrected chi connectivity index (χ1v) is 6.08. The predicted molar refractivity (Wildman–Crippen MR) is 74.1 cm³/mol. The number of pyridine rings is 1. The fraction of sp³-hybridized carbons (Fsp3) is 0.0769. The molecular formula is C13H9ClN2O5. The highest BCUT2D eigenvalue weighted by atomic mass is 35.5. The molecule has 0 radical (unpaired) electrons. The van der Waals surface area contributed by atoms with Crippen molar-refractivity contribution in [2.24, 2.45) is 0 Å². The summed E-state index contributed by atoms with van der Waals surface area (Å²) in [5.74, 6) is -1.35. The number of hydrogen-bond acceptors (Lipinski definition) is 5. The van der Waals surface area contributed by atoms with E-state index in [0.29, 0.717) is 5.56 Å². The molecule has 0 atom stereocenters. The molecule has 1 aromatic carbocycles. The largest absolute Gasteiger partial charge is 0.478 e. The maximum atomic E-state index is 11.0. The van der Waals surface area contributed by atoms with Crippen molar-refractivity contribution in [1.82, 2.24) is 4.98 Å². The van der Waals surface area contributed by atoms with Crippen molar-refractivity contribution in [1.29, 1.82) is 0 Å². The summed E-state index contributed by atoms with van der Waals surface area (Å²) in [5.41, 5.74) is 0.141. The van der Waals surface area contributed by atoms with Crippen LogP contribution in [0.25, 0.3) is 0 Å². The summed E-state index contributed by atoms with van der Waals surface area (Å²) in [5, 5.41) is 20.0. The maximum Gasteiger partial charge on any atom is 0.337 e. The molecule has 7 nitrogen and oxygen atoms in total. The smallest absolute Gasteiger partial charge is 0.337 e. The third kappa shape index (κ3) is 3.26. The number of carboxylic acid groups (broad SMARTS) is 1. The lowest BCUT2D eigenvalue weighted by molar-refractivity contribution is -0.386. The monoisotopic (exact) mass is 308 g/mol. The van der Waals surface area contributed by atoms with Crippen LogP contribution in [0, 0.1) is 17.0 Å². The Bertz CT molecular complexity index is 732. The third-order valence-corrected chi connectivity index (χ3v) is 2.88. The van der Waals surface area contributed by atoms with Crippen LogP contribution in [0.3, 0.4) is 0 Å². The van der Waals surface area contributed by atoms with Gasteiger partial charge in [-0.25, -0.2) is 9.78 Å². The molecule has 21 heavy (non-hydrogen) atoms. The van der Waals surface area contributed by atoms with Gasteiger partial charge in [0.2, 0.25) is 0 Å². The lowest BCUT2D eigenvalue weighted by Crippen LogP contribution is -2.00. The van der Waals surface area contributed by atoms with Gasteiger partial charge in [0.25, 0.3) is 5.88 Å². The molecule has 1 heterocycles. The van der Waals surface area contributed by atoms with Crippen molar-refractivity contribution in [3.63, 3.8) is 0 Å². The van der Waals surface area contributed by atoms with Crippen LogP contribution in [0.2, 0.25) is 5.02 Å². The van der Waals surface area contributed by atoms with E-state index in [1.54, 1.807) is 6.92 Å². The zero-order valence-corrected chi connectivity index (χ0v) is 11.5. The molecule has 0 aliphatic heterocycles. The highest BCUT2D eigenvalue weighted by Gasteiger charge is 2.19. The Hall–Kier alpha value is -2.67. The van der Waals surface area contributed by atoms with Crippen LogP contribution in [0.5, 0.6) is 11.6 Å². The number of nitrogens with zero attached hydrogens (tertiary/aromatic N) is 2. The van der Waals surface area contributed by atoms with Gasteiger partial charge in [-0.2, -0.15) is 0 Å². The number of hydrogen-bond donors (Lipinski definition) is 1. The van der Waals surface area contributed by atoms with Gasteiger partial charge in [0.05, 0.1) is 15.5 Å². The van der Waals surface area contributed by atoms with E-state index in [9.17, 15) is 14.9 Å². The Morgan fingerprint density at radius 3 is 2.76 bits per heavy atom. The van der Waals surface area contributed by atoms with Gasteiger partial charge >= 0.3 is 11.7 Å². The second-order valence-electron chi connectivity index (χ2n) is 4.14. The first kappa shape index (κ1) is 14.7. The minimum Gasteiger partial charge on any atom is -0.478 e. The van der Waals surface area contributed by atoms with Crippen molar-refractivity contribution < 1.29 is 19.6 Å². The van der Waals surface area contributed by atoms with Crippen molar-refractivity contribution >= 4 is 23.3 Å². The van der Waals surface area contributed by atoms with E-state index in [0.717, 1.165) is 0 Å². The minimum absolute atomic E-state index is 0.0428. The zero-order valence-electron chi connectivity index (χ0n) is 10.7. The second-order valence-corrected chi connectivity index (χ2v) is 4.55. The number of aromatic nitrogens is 1. The van der Waals surface area contributed by atoms with E-state index in [1.165, 1.54) is 30.5 Å². The van der Waals surface area contributed by atoms with Gasteiger partial charge in [-0.15, -0.1) is 0 Å². The van der Waals surface area contributed by atoms with Crippen molar-refractivity contribution in [2.75, 3.05) is 0 Å². The van der Waals surface area contributed by atoms with Gasteiger partial charge in [0.1, 0.15) is 5.75 Å². The summed E-state index contributed by atoms with van der Waals surface area (Å²) < 4.78 is 5.30. The highest BCUT2D eigenvalue weighted by Crippen LogP contribution is 2.31. The van der Waals surface area contributed by atoms with Crippen LogP contribution in [0.15, 0.2) is 30.5 Å².